The molecule has 0 bridgehead atoms. The van der Waals surface area contributed by atoms with E-state index in [1.807, 2.05) is 61.5 Å². The van der Waals surface area contributed by atoms with Crippen LogP contribution in [0.2, 0.25) is 0 Å². The Balaban J connectivity index is 1.41. The number of rotatable bonds is 6. The van der Waals surface area contributed by atoms with Gasteiger partial charge in [-0.1, -0.05) is 30.3 Å². The van der Waals surface area contributed by atoms with Gasteiger partial charge in [0.15, 0.2) is 0 Å². The summed E-state index contributed by atoms with van der Waals surface area (Å²) in [6.45, 7) is 2.18. The smallest absolute Gasteiger partial charge is 0.317 e. The van der Waals surface area contributed by atoms with Gasteiger partial charge in [0.1, 0.15) is 5.82 Å². The second-order valence-electron chi connectivity index (χ2n) is 7.54. The van der Waals surface area contributed by atoms with Gasteiger partial charge in [0.25, 0.3) is 0 Å². The van der Waals surface area contributed by atoms with Gasteiger partial charge in [0, 0.05) is 52.4 Å². The van der Waals surface area contributed by atoms with Gasteiger partial charge in [-0.2, -0.15) is 0 Å². The molecule has 2 aromatic rings. The van der Waals surface area contributed by atoms with Crippen molar-refractivity contribution in [1.82, 2.24) is 20.5 Å². The van der Waals surface area contributed by atoms with Gasteiger partial charge in [-0.15, -0.1) is 0 Å². The zero-order chi connectivity index (χ0) is 20.6. The van der Waals surface area contributed by atoms with E-state index in [0.717, 1.165) is 16.9 Å². The van der Waals surface area contributed by atoms with E-state index in [9.17, 15) is 9.59 Å². The molecule has 0 aliphatic carbocycles. The van der Waals surface area contributed by atoms with Gasteiger partial charge >= 0.3 is 6.03 Å². The molecular weight excluding hydrogens is 366 g/mol. The van der Waals surface area contributed by atoms with E-state index >= 15 is 0 Å². The predicted molar refractivity (Wildman–Crippen MR) is 113 cm³/mol. The maximum absolute atomic E-state index is 12.5. The van der Waals surface area contributed by atoms with Crippen molar-refractivity contribution >= 4 is 17.8 Å². The standard InChI is InChI=1S/C22H29N5O2/c1-26(2)20-14-18(8-11-23-20)16-25-22(29)27-12-9-19(10-13-27)21(28)24-15-17-6-4-3-5-7-17/h3-8,11,14,19H,9-10,12-13,15-16H2,1-2H3,(H,24,28)(H,25,29). The van der Waals surface area contributed by atoms with Gasteiger partial charge in [-0.25, -0.2) is 9.78 Å². The third kappa shape index (κ3) is 5.94. The van der Waals surface area contributed by atoms with Crippen LogP contribution in [0.1, 0.15) is 24.0 Å². The Morgan fingerprint density at radius 3 is 2.41 bits per heavy atom. The highest BCUT2D eigenvalue weighted by molar-refractivity contribution is 5.79. The lowest BCUT2D eigenvalue weighted by Gasteiger charge is -2.31. The number of pyridine rings is 1. The second-order valence-corrected chi connectivity index (χ2v) is 7.54. The fraction of sp³-hybridized carbons (Fsp3) is 0.409. The minimum absolute atomic E-state index is 0.0365. The molecule has 2 heterocycles. The molecule has 154 valence electrons. The summed E-state index contributed by atoms with van der Waals surface area (Å²) < 4.78 is 0. The van der Waals surface area contributed by atoms with Gasteiger partial charge in [-0.3, -0.25) is 4.79 Å². The summed E-state index contributed by atoms with van der Waals surface area (Å²) in [6, 6.07) is 13.7. The van der Waals surface area contributed by atoms with Crippen molar-refractivity contribution in [1.29, 1.82) is 0 Å². The Morgan fingerprint density at radius 2 is 1.72 bits per heavy atom. The summed E-state index contributed by atoms with van der Waals surface area (Å²) in [5, 5.41) is 5.97. The lowest BCUT2D eigenvalue weighted by Crippen LogP contribution is -2.46. The summed E-state index contributed by atoms with van der Waals surface area (Å²) in [5.41, 5.74) is 2.10. The Hall–Kier alpha value is -3.09. The van der Waals surface area contributed by atoms with E-state index in [0.29, 0.717) is 39.0 Å². The largest absolute Gasteiger partial charge is 0.363 e. The molecule has 0 radical (unpaired) electrons. The molecule has 3 amide bonds. The molecule has 0 saturated carbocycles. The normalized spacial score (nSPS) is 14.3. The number of hydrogen-bond donors (Lipinski definition) is 2. The van der Waals surface area contributed by atoms with Gasteiger partial charge in [-0.05, 0) is 36.1 Å². The van der Waals surface area contributed by atoms with Crippen LogP contribution in [0.5, 0.6) is 0 Å². The Bertz CT molecular complexity index is 817. The monoisotopic (exact) mass is 395 g/mol. The Morgan fingerprint density at radius 1 is 1.03 bits per heavy atom. The average Bonchev–Trinajstić information content (AvgIpc) is 2.77. The van der Waals surface area contributed by atoms with E-state index < -0.39 is 0 Å². The number of aromatic nitrogens is 1. The zero-order valence-electron chi connectivity index (χ0n) is 17.1. The third-order valence-corrected chi connectivity index (χ3v) is 5.17. The molecule has 2 N–H and O–H groups in total. The number of carbonyl (C=O) groups excluding carboxylic acids is 2. The molecule has 0 atom stereocenters. The first-order valence-corrected chi connectivity index (χ1v) is 9.99. The quantitative estimate of drug-likeness (QED) is 0.787. The molecule has 1 saturated heterocycles. The van der Waals surface area contributed by atoms with Crippen molar-refractivity contribution in [2.45, 2.75) is 25.9 Å². The molecule has 1 aromatic heterocycles. The third-order valence-electron chi connectivity index (χ3n) is 5.17. The number of likely N-dealkylation sites (tertiary alicyclic amines) is 1. The molecule has 1 aliphatic rings. The fourth-order valence-corrected chi connectivity index (χ4v) is 3.38. The van der Waals surface area contributed by atoms with Crippen LogP contribution in [-0.4, -0.2) is 49.0 Å². The van der Waals surface area contributed by atoms with Crippen LogP contribution in [-0.2, 0) is 17.9 Å². The van der Waals surface area contributed by atoms with Crippen molar-refractivity contribution in [3.05, 3.63) is 59.8 Å². The summed E-state index contributed by atoms with van der Waals surface area (Å²) in [7, 11) is 3.87. The molecule has 1 aliphatic heterocycles. The number of nitrogens with one attached hydrogen (secondary N) is 2. The van der Waals surface area contributed by atoms with Crippen molar-refractivity contribution < 1.29 is 9.59 Å². The summed E-state index contributed by atoms with van der Waals surface area (Å²) in [4.78, 5) is 32.9. The Labute approximate surface area is 172 Å². The van der Waals surface area contributed by atoms with E-state index in [-0.39, 0.29) is 17.9 Å². The highest BCUT2D eigenvalue weighted by atomic mass is 16.2. The number of nitrogens with zero attached hydrogens (tertiary/aromatic N) is 3. The van der Waals surface area contributed by atoms with Crippen LogP contribution < -0.4 is 15.5 Å². The van der Waals surface area contributed by atoms with Crippen molar-refractivity contribution in [2.24, 2.45) is 5.92 Å². The minimum atomic E-state index is -0.0867. The predicted octanol–water partition coefficient (Wildman–Crippen LogP) is 2.39. The number of amides is 3. The summed E-state index contributed by atoms with van der Waals surface area (Å²) >= 11 is 0. The molecule has 7 heteroatoms. The van der Waals surface area contributed by atoms with Crippen molar-refractivity contribution in [3.8, 4) is 0 Å². The van der Waals surface area contributed by atoms with E-state index in [4.69, 9.17) is 0 Å². The van der Waals surface area contributed by atoms with E-state index in [2.05, 4.69) is 15.6 Å². The number of hydrogen-bond acceptors (Lipinski definition) is 4. The minimum Gasteiger partial charge on any atom is -0.363 e. The van der Waals surface area contributed by atoms with Crippen LogP contribution in [0.15, 0.2) is 48.7 Å². The maximum atomic E-state index is 12.5. The molecule has 7 nitrogen and oxygen atoms in total. The van der Waals surface area contributed by atoms with Crippen molar-refractivity contribution in [2.75, 3.05) is 32.1 Å². The molecule has 3 rings (SSSR count). The fourth-order valence-electron chi connectivity index (χ4n) is 3.38. The van der Waals surface area contributed by atoms with Crippen LogP contribution >= 0.6 is 0 Å². The van der Waals surface area contributed by atoms with Crippen molar-refractivity contribution in [3.63, 3.8) is 0 Å². The van der Waals surface area contributed by atoms with Gasteiger partial charge < -0.3 is 20.4 Å². The number of carbonyl (C=O) groups is 2. The first-order chi connectivity index (χ1) is 14.0. The lowest BCUT2D eigenvalue weighted by molar-refractivity contribution is -0.126. The SMILES string of the molecule is CN(C)c1cc(CNC(=O)N2CCC(C(=O)NCc3ccccc3)CC2)ccn1. The highest BCUT2D eigenvalue weighted by Crippen LogP contribution is 2.18. The number of benzene rings is 1. The summed E-state index contributed by atoms with van der Waals surface area (Å²) in [5.74, 6) is 0.895. The van der Waals surface area contributed by atoms with E-state index in [1.54, 1.807) is 11.1 Å². The van der Waals surface area contributed by atoms with Crippen LogP contribution in [0.4, 0.5) is 10.6 Å². The molecule has 1 fully saturated rings. The first-order valence-electron chi connectivity index (χ1n) is 9.99. The van der Waals surface area contributed by atoms with Crippen LogP contribution in [0.25, 0.3) is 0 Å². The highest BCUT2D eigenvalue weighted by Gasteiger charge is 2.27. The first kappa shape index (κ1) is 20.6. The van der Waals surface area contributed by atoms with Crippen LogP contribution in [0.3, 0.4) is 0 Å². The molecule has 29 heavy (non-hydrogen) atoms. The number of urea groups is 1. The molecule has 0 unspecified atom stereocenters. The molecule has 0 spiro atoms. The molecule has 1 aromatic carbocycles. The number of piperidine rings is 1. The number of anilines is 1. The Kier molecular flexibility index (Phi) is 7.05. The molecular formula is C22H29N5O2. The lowest BCUT2D eigenvalue weighted by atomic mass is 9.96. The van der Waals surface area contributed by atoms with Crippen LogP contribution in [0, 0.1) is 5.92 Å². The van der Waals surface area contributed by atoms with E-state index in [1.165, 1.54) is 0 Å². The zero-order valence-corrected chi connectivity index (χ0v) is 17.1. The topological polar surface area (TPSA) is 77.6 Å². The maximum Gasteiger partial charge on any atom is 0.317 e. The second kappa shape index (κ2) is 9.91. The van der Waals surface area contributed by atoms with Gasteiger partial charge in [0.2, 0.25) is 5.91 Å². The summed E-state index contributed by atoms with van der Waals surface area (Å²) in [6.07, 6.45) is 3.12. The average molecular weight is 396 g/mol. The van der Waals surface area contributed by atoms with Gasteiger partial charge in [0.05, 0.1) is 0 Å².